The quantitative estimate of drug-likeness (QED) is 0.760. The maximum Gasteiger partial charge on any atom is 0.359 e. The van der Waals surface area contributed by atoms with E-state index in [-0.39, 0.29) is 11.9 Å². The van der Waals surface area contributed by atoms with E-state index < -0.39 is 0 Å². The first-order chi connectivity index (χ1) is 7.60. The van der Waals surface area contributed by atoms with Crippen LogP contribution in [0.4, 0.5) is 0 Å². The largest absolute Gasteiger partial charge is 0.461 e. The molecule has 0 saturated heterocycles. The Balaban J connectivity index is 2.95. The molecule has 0 aliphatic rings. The molecule has 0 saturated carbocycles. The van der Waals surface area contributed by atoms with Crippen LogP contribution >= 0.6 is 0 Å². The first-order valence-corrected chi connectivity index (χ1v) is 5.50. The third-order valence-electron chi connectivity index (χ3n) is 2.46. The Labute approximate surface area is 95.6 Å². The Bertz CT molecular complexity index is 360. The van der Waals surface area contributed by atoms with Gasteiger partial charge in [0.25, 0.3) is 0 Å². The summed E-state index contributed by atoms with van der Waals surface area (Å²) >= 11 is 0. The second-order valence-corrected chi connectivity index (χ2v) is 3.81. The first kappa shape index (κ1) is 12.7. The minimum Gasteiger partial charge on any atom is -0.461 e. The second kappa shape index (κ2) is 5.65. The highest BCUT2D eigenvalue weighted by atomic mass is 16.5. The molecule has 5 heteroatoms. The number of nitrogens with zero attached hydrogens (tertiary/aromatic N) is 2. The van der Waals surface area contributed by atoms with Crippen molar-refractivity contribution in [3.63, 3.8) is 0 Å². The summed E-state index contributed by atoms with van der Waals surface area (Å²) in [5.41, 5.74) is 6.83. The predicted molar refractivity (Wildman–Crippen MR) is 61.3 cm³/mol. The van der Waals surface area contributed by atoms with Crippen LogP contribution in [0.5, 0.6) is 0 Å². The summed E-state index contributed by atoms with van der Waals surface area (Å²) in [6.07, 6.45) is 2.69. The van der Waals surface area contributed by atoms with E-state index in [1.54, 1.807) is 18.7 Å². The van der Waals surface area contributed by atoms with Crippen LogP contribution < -0.4 is 5.73 Å². The lowest BCUT2D eigenvalue weighted by Gasteiger charge is -2.09. The summed E-state index contributed by atoms with van der Waals surface area (Å²) in [6.45, 7) is 4.77. The van der Waals surface area contributed by atoms with Gasteiger partial charge >= 0.3 is 5.97 Å². The lowest BCUT2D eigenvalue weighted by atomic mass is 9.98. The number of hydrogen-bond donors (Lipinski definition) is 1. The monoisotopic (exact) mass is 225 g/mol. The van der Waals surface area contributed by atoms with E-state index in [0.29, 0.717) is 18.8 Å². The average molecular weight is 225 g/mol. The van der Waals surface area contributed by atoms with Gasteiger partial charge in [0, 0.05) is 18.8 Å². The zero-order valence-electron chi connectivity index (χ0n) is 10.1. The standard InChI is InChI=1S/C11H19N3O2/c1-4-16-11(15)10-9(7-14(3)13-10)8(2)5-6-12/h7-8H,4-6,12H2,1-3H3. The van der Waals surface area contributed by atoms with Gasteiger partial charge in [-0.25, -0.2) is 4.79 Å². The van der Waals surface area contributed by atoms with Crippen LogP contribution in [0.15, 0.2) is 6.20 Å². The van der Waals surface area contributed by atoms with Crippen molar-refractivity contribution in [2.24, 2.45) is 12.8 Å². The van der Waals surface area contributed by atoms with Crippen LogP contribution in [0.25, 0.3) is 0 Å². The molecule has 1 atom stereocenters. The summed E-state index contributed by atoms with van der Waals surface area (Å²) in [7, 11) is 1.79. The molecule has 90 valence electrons. The van der Waals surface area contributed by atoms with Crippen LogP contribution in [-0.2, 0) is 11.8 Å². The normalized spacial score (nSPS) is 12.5. The van der Waals surface area contributed by atoms with E-state index in [2.05, 4.69) is 5.10 Å². The summed E-state index contributed by atoms with van der Waals surface area (Å²) in [6, 6.07) is 0. The molecule has 0 bridgehead atoms. The van der Waals surface area contributed by atoms with Crippen LogP contribution in [0.2, 0.25) is 0 Å². The van der Waals surface area contributed by atoms with E-state index in [0.717, 1.165) is 12.0 Å². The Morgan fingerprint density at radius 1 is 1.69 bits per heavy atom. The molecule has 0 aliphatic heterocycles. The number of carbonyl (C=O) groups excluding carboxylic acids is 1. The van der Waals surface area contributed by atoms with Crippen molar-refractivity contribution in [2.75, 3.05) is 13.2 Å². The highest BCUT2D eigenvalue weighted by Gasteiger charge is 2.20. The fourth-order valence-electron chi connectivity index (χ4n) is 1.63. The number of rotatable bonds is 5. The minimum atomic E-state index is -0.359. The Kier molecular flexibility index (Phi) is 4.49. The predicted octanol–water partition coefficient (Wildman–Crippen LogP) is 1.05. The number of nitrogens with two attached hydrogens (primary N) is 1. The first-order valence-electron chi connectivity index (χ1n) is 5.50. The van der Waals surface area contributed by atoms with Gasteiger partial charge in [0.05, 0.1) is 6.61 Å². The molecule has 0 aromatic carbocycles. The van der Waals surface area contributed by atoms with E-state index in [4.69, 9.17) is 10.5 Å². The van der Waals surface area contributed by atoms with Crippen molar-refractivity contribution in [3.8, 4) is 0 Å². The van der Waals surface area contributed by atoms with Gasteiger partial charge in [-0.05, 0) is 25.8 Å². The molecule has 0 radical (unpaired) electrons. The van der Waals surface area contributed by atoms with Crippen molar-refractivity contribution >= 4 is 5.97 Å². The fraction of sp³-hybridized carbons (Fsp3) is 0.636. The third kappa shape index (κ3) is 2.82. The van der Waals surface area contributed by atoms with Crippen molar-refractivity contribution in [3.05, 3.63) is 17.5 Å². The summed E-state index contributed by atoms with van der Waals surface area (Å²) in [4.78, 5) is 11.7. The summed E-state index contributed by atoms with van der Waals surface area (Å²) in [5, 5.41) is 4.13. The second-order valence-electron chi connectivity index (χ2n) is 3.81. The molecule has 1 unspecified atom stereocenters. The number of hydrogen-bond acceptors (Lipinski definition) is 4. The van der Waals surface area contributed by atoms with Gasteiger partial charge in [-0.2, -0.15) is 5.10 Å². The molecule has 1 rings (SSSR count). The molecule has 1 heterocycles. The smallest absolute Gasteiger partial charge is 0.359 e. The molecule has 1 aromatic heterocycles. The highest BCUT2D eigenvalue weighted by molar-refractivity contribution is 5.89. The molecule has 2 N–H and O–H groups in total. The van der Waals surface area contributed by atoms with Crippen molar-refractivity contribution in [1.29, 1.82) is 0 Å². The van der Waals surface area contributed by atoms with E-state index in [9.17, 15) is 4.79 Å². The van der Waals surface area contributed by atoms with Crippen molar-refractivity contribution in [1.82, 2.24) is 9.78 Å². The van der Waals surface area contributed by atoms with Crippen LogP contribution in [0.1, 0.15) is 42.2 Å². The van der Waals surface area contributed by atoms with Gasteiger partial charge in [-0.15, -0.1) is 0 Å². The van der Waals surface area contributed by atoms with Crippen LogP contribution in [-0.4, -0.2) is 28.9 Å². The van der Waals surface area contributed by atoms with Crippen molar-refractivity contribution < 1.29 is 9.53 Å². The van der Waals surface area contributed by atoms with Crippen molar-refractivity contribution in [2.45, 2.75) is 26.2 Å². The van der Waals surface area contributed by atoms with Gasteiger partial charge < -0.3 is 10.5 Å². The molecule has 5 nitrogen and oxygen atoms in total. The zero-order valence-corrected chi connectivity index (χ0v) is 10.1. The maximum atomic E-state index is 11.7. The summed E-state index contributed by atoms with van der Waals surface area (Å²) < 4.78 is 6.60. The maximum absolute atomic E-state index is 11.7. The average Bonchev–Trinajstić information content (AvgIpc) is 2.61. The van der Waals surface area contributed by atoms with E-state index in [1.165, 1.54) is 0 Å². The van der Waals surface area contributed by atoms with Crippen LogP contribution in [0, 0.1) is 0 Å². The minimum absolute atomic E-state index is 0.220. The summed E-state index contributed by atoms with van der Waals surface area (Å²) in [5.74, 6) is -0.139. The number of aryl methyl sites for hydroxylation is 1. The molecule has 0 fully saturated rings. The highest BCUT2D eigenvalue weighted by Crippen LogP contribution is 2.22. The topological polar surface area (TPSA) is 70.1 Å². The van der Waals surface area contributed by atoms with Gasteiger partial charge in [-0.1, -0.05) is 6.92 Å². The Morgan fingerprint density at radius 2 is 2.38 bits per heavy atom. The molecule has 1 aromatic rings. The van der Waals surface area contributed by atoms with Crippen LogP contribution in [0.3, 0.4) is 0 Å². The van der Waals surface area contributed by atoms with Gasteiger partial charge in [0.2, 0.25) is 0 Å². The van der Waals surface area contributed by atoms with Gasteiger partial charge in [0.1, 0.15) is 0 Å². The van der Waals surface area contributed by atoms with E-state index >= 15 is 0 Å². The lowest BCUT2D eigenvalue weighted by molar-refractivity contribution is 0.0516. The molecular weight excluding hydrogens is 206 g/mol. The number of esters is 1. The SMILES string of the molecule is CCOC(=O)c1nn(C)cc1C(C)CCN. The van der Waals surface area contributed by atoms with E-state index in [1.807, 2.05) is 13.1 Å². The number of aromatic nitrogens is 2. The Morgan fingerprint density at radius 3 is 2.94 bits per heavy atom. The number of ether oxygens (including phenoxy) is 1. The fourth-order valence-corrected chi connectivity index (χ4v) is 1.63. The Hall–Kier alpha value is -1.36. The van der Waals surface area contributed by atoms with Gasteiger partial charge in [0.15, 0.2) is 5.69 Å². The molecule has 16 heavy (non-hydrogen) atoms. The molecule has 0 amide bonds. The van der Waals surface area contributed by atoms with Gasteiger partial charge in [-0.3, -0.25) is 4.68 Å². The third-order valence-corrected chi connectivity index (χ3v) is 2.46. The number of carbonyl (C=O) groups is 1. The molecule has 0 aliphatic carbocycles. The zero-order chi connectivity index (χ0) is 12.1. The molecular formula is C11H19N3O2. The molecule has 0 spiro atoms. The lowest BCUT2D eigenvalue weighted by Crippen LogP contribution is -2.11.